The van der Waals surface area contributed by atoms with Crippen LogP contribution in [0.3, 0.4) is 0 Å². The Kier molecular flexibility index (Phi) is 10.2. The number of hydrogen-bond donors (Lipinski definition) is 0. The zero-order valence-corrected chi connectivity index (χ0v) is 24.9. The van der Waals surface area contributed by atoms with Gasteiger partial charge >= 0.3 is 0 Å². The van der Waals surface area contributed by atoms with E-state index in [1.165, 1.54) is 5.56 Å². The molecule has 2 saturated heterocycles. The second kappa shape index (κ2) is 14.4. The van der Waals surface area contributed by atoms with E-state index < -0.39 is 0 Å². The molecule has 2 amide bonds. The lowest BCUT2D eigenvalue weighted by molar-refractivity contribution is -0.132. The van der Waals surface area contributed by atoms with Crippen molar-refractivity contribution in [3.63, 3.8) is 0 Å². The molecule has 2 fully saturated rings. The Morgan fingerprint density at radius 1 is 0.905 bits per heavy atom. The normalized spacial score (nSPS) is 16.6. The van der Waals surface area contributed by atoms with E-state index in [1.54, 1.807) is 42.7 Å². The van der Waals surface area contributed by atoms with Crippen molar-refractivity contribution in [3.05, 3.63) is 87.9 Å². The van der Waals surface area contributed by atoms with Crippen LogP contribution in [-0.4, -0.2) is 90.2 Å². The van der Waals surface area contributed by atoms with Crippen molar-refractivity contribution >= 4 is 35.0 Å². The summed E-state index contributed by atoms with van der Waals surface area (Å²) in [6.45, 7) is 5.25. The van der Waals surface area contributed by atoms with Crippen LogP contribution in [0.15, 0.2) is 66.1 Å². The molecule has 42 heavy (non-hydrogen) atoms. The number of nitrogens with zero attached hydrogens (tertiary/aromatic N) is 4. The van der Waals surface area contributed by atoms with E-state index in [9.17, 15) is 14.4 Å². The van der Waals surface area contributed by atoms with Crippen LogP contribution >= 0.6 is 11.3 Å². The minimum atomic E-state index is -0.0396. The third kappa shape index (κ3) is 7.72. The number of thiazole rings is 1. The van der Waals surface area contributed by atoms with Crippen molar-refractivity contribution in [2.45, 2.75) is 31.6 Å². The van der Waals surface area contributed by atoms with E-state index in [2.05, 4.69) is 29.2 Å². The van der Waals surface area contributed by atoms with Crippen molar-refractivity contribution in [2.75, 3.05) is 52.9 Å². The van der Waals surface area contributed by atoms with E-state index in [4.69, 9.17) is 9.72 Å². The molecule has 9 heteroatoms. The van der Waals surface area contributed by atoms with Gasteiger partial charge in [-0.3, -0.25) is 19.3 Å². The summed E-state index contributed by atoms with van der Waals surface area (Å²) in [5.74, 6) is 0.923. The Labute approximate surface area is 251 Å². The number of amides is 2. The number of ketones is 1. The molecule has 0 N–H and O–H groups in total. The summed E-state index contributed by atoms with van der Waals surface area (Å²) in [6, 6.07) is 17.2. The Morgan fingerprint density at radius 3 is 2.31 bits per heavy atom. The molecule has 2 aromatic carbocycles. The van der Waals surface area contributed by atoms with Crippen molar-refractivity contribution in [1.29, 1.82) is 0 Å². The number of hydrogen-bond acceptors (Lipinski definition) is 7. The summed E-state index contributed by atoms with van der Waals surface area (Å²) < 4.78 is 5.13. The highest BCUT2D eigenvalue weighted by molar-refractivity contribution is 7.09. The van der Waals surface area contributed by atoms with Crippen molar-refractivity contribution < 1.29 is 19.1 Å². The molecule has 8 nitrogen and oxygen atoms in total. The maximum absolute atomic E-state index is 13.2. The summed E-state index contributed by atoms with van der Waals surface area (Å²) in [4.78, 5) is 49.3. The van der Waals surface area contributed by atoms with Gasteiger partial charge in [-0.05, 0) is 42.7 Å². The van der Waals surface area contributed by atoms with Gasteiger partial charge in [-0.1, -0.05) is 42.5 Å². The third-order valence-electron chi connectivity index (χ3n) is 8.05. The molecule has 0 atom stereocenters. The topological polar surface area (TPSA) is 83.0 Å². The molecule has 0 bridgehead atoms. The first-order chi connectivity index (χ1) is 20.5. The lowest BCUT2D eigenvalue weighted by Gasteiger charge is -2.33. The maximum Gasteiger partial charge on any atom is 0.273 e. The third-order valence-corrected chi connectivity index (χ3v) is 9.06. The van der Waals surface area contributed by atoms with Crippen molar-refractivity contribution in [3.8, 4) is 5.75 Å². The van der Waals surface area contributed by atoms with Crippen LogP contribution in [0.1, 0.15) is 63.0 Å². The first kappa shape index (κ1) is 29.7. The van der Waals surface area contributed by atoms with Crippen molar-refractivity contribution in [1.82, 2.24) is 19.7 Å². The van der Waals surface area contributed by atoms with Crippen LogP contribution in [0, 0.1) is 0 Å². The van der Waals surface area contributed by atoms with Gasteiger partial charge in [-0.2, -0.15) is 0 Å². The number of aromatic nitrogens is 1. The molecule has 220 valence electrons. The molecule has 2 aliphatic rings. The Hall–Kier alpha value is -3.82. The molecular formula is C33H38N4O4S. The largest absolute Gasteiger partial charge is 0.497 e. The number of carbonyl (C=O) groups excluding carboxylic acids is 3. The van der Waals surface area contributed by atoms with Crippen molar-refractivity contribution in [2.24, 2.45) is 0 Å². The number of Topliss-reactive ketones (excluding diaryl/α,β-unsaturated/α-hetero) is 1. The summed E-state index contributed by atoms with van der Waals surface area (Å²) in [6.07, 6.45) is 6.35. The second-order valence-electron chi connectivity index (χ2n) is 10.8. The van der Waals surface area contributed by atoms with E-state index >= 15 is 0 Å². The SMILES string of the molecule is COc1ccc(C(=O)CCC(=O)N2CCC(c3nc(C(=O)N4CCN(CC=Cc5ccccc5)CC4)cs3)CC2)cc1. The first-order valence-electron chi connectivity index (χ1n) is 14.6. The van der Waals surface area contributed by atoms with Gasteiger partial charge in [-0.25, -0.2) is 4.98 Å². The molecule has 0 radical (unpaired) electrons. The fraction of sp³-hybridized carbons (Fsp3) is 0.394. The highest BCUT2D eigenvalue weighted by atomic mass is 32.1. The average molecular weight is 587 g/mol. The molecular weight excluding hydrogens is 548 g/mol. The van der Waals surface area contributed by atoms with E-state index in [-0.39, 0.29) is 36.4 Å². The second-order valence-corrected chi connectivity index (χ2v) is 11.7. The zero-order valence-electron chi connectivity index (χ0n) is 24.1. The quantitative estimate of drug-likeness (QED) is 0.311. The predicted molar refractivity (Wildman–Crippen MR) is 165 cm³/mol. The summed E-state index contributed by atoms with van der Waals surface area (Å²) in [5.41, 5.74) is 2.32. The maximum atomic E-state index is 13.2. The number of piperazine rings is 1. The summed E-state index contributed by atoms with van der Waals surface area (Å²) in [5, 5.41) is 2.86. The van der Waals surface area contributed by atoms with Gasteiger partial charge in [-0.15, -0.1) is 11.3 Å². The van der Waals surface area contributed by atoms with Gasteiger partial charge in [0.05, 0.1) is 12.1 Å². The Bertz CT molecular complexity index is 1370. The predicted octanol–water partition coefficient (Wildman–Crippen LogP) is 4.99. The smallest absolute Gasteiger partial charge is 0.273 e. The van der Waals surface area contributed by atoms with Crippen LogP contribution < -0.4 is 4.74 Å². The van der Waals surface area contributed by atoms with Crippen LogP contribution in [0.4, 0.5) is 0 Å². The number of ether oxygens (including phenoxy) is 1. The Morgan fingerprint density at radius 2 is 1.62 bits per heavy atom. The minimum Gasteiger partial charge on any atom is -0.497 e. The van der Waals surface area contributed by atoms with Crippen LogP contribution in [-0.2, 0) is 4.79 Å². The molecule has 3 heterocycles. The monoisotopic (exact) mass is 586 g/mol. The van der Waals surface area contributed by atoms with E-state index in [0.717, 1.165) is 37.5 Å². The first-order valence-corrected chi connectivity index (χ1v) is 15.5. The molecule has 0 aliphatic carbocycles. The van der Waals surface area contributed by atoms with Gasteiger partial charge in [0, 0.05) is 75.5 Å². The number of carbonyl (C=O) groups is 3. The molecule has 0 unspecified atom stereocenters. The number of methoxy groups -OCH3 is 1. The van der Waals surface area contributed by atoms with Crippen LogP contribution in [0.2, 0.25) is 0 Å². The fourth-order valence-electron chi connectivity index (χ4n) is 5.45. The lowest BCUT2D eigenvalue weighted by Crippen LogP contribution is -2.48. The fourth-order valence-corrected chi connectivity index (χ4v) is 6.41. The van der Waals surface area contributed by atoms with Crippen LogP contribution in [0.25, 0.3) is 6.08 Å². The molecule has 0 saturated carbocycles. The molecule has 1 aromatic heterocycles. The number of rotatable bonds is 10. The molecule has 5 rings (SSSR count). The highest BCUT2D eigenvalue weighted by Crippen LogP contribution is 2.31. The molecule has 3 aromatic rings. The number of piperidine rings is 1. The number of benzene rings is 2. The van der Waals surface area contributed by atoms with Gasteiger partial charge in [0.25, 0.3) is 5.91 Å². The lowest BCUT2D eigenvalue weighted by atomic mass is 9.97. The van der Waals surface area contributed by atoms with Gasteiger partial charge in [0.1, 0.15) is 11.4 Å². The molecule has 2 aliphatic heterocycles. The van der Waals surface area contributed by atoms with Gasteiger partial charge < -0.3 is 14.5 Å². The Balaban J connectivity index is 1.03. The highest BCUT2D eigenvalue weighted by Gasteiger charge is 2.28. The van der Waals surface area contributed by atoms with Gasteiger partial charge in [0.15, 0.2) is 5.78 Å². The number of likely N-dealkylation sites (tertiary alicyclic amines) is 1. The zero-order chi connectivity index (χ0) is 29.3. The van der Waals surface area contributed by atoms with E-state index in [1.807, 2.05) is 33.4 Å². The molecule has 0 spiro atoms. The summed E-state index contributed by atoms with van der Waals surface area (Å²) in [7, 11) is 1.58. The van der Waals surface area contributed by atoms with Gasteiger partial charge in [0.2, 0.25) is 5.91 Å². The standard InChI is InChI=1S/C33H38N4O4S/c1-41-28-11-9-26(10-12-28)30(38)13-14-31(39)36-18-15-27(16-19-36)32-34-29(24-42-32)33(40)37-22-20-35(21-23-37)17-5-8-25-6-3-2-4-7-25/h2-12,24,27H,13-23H2,1H3. The van der Waals surface area contributed by atoms with E-state index in [0.29, 0.717) is 43.2 Å². The summed E-state index contributed by atoms with van der Waals surface area (Å²) >= 11 is 1.55. The minimum absolute atomic E-state index is 0.00567. The average Bonchev–Trinajstić information content (AvgIpc) is 3.55. The van der Waals surface area contributed by atoms with Crippen LogP contribution in [0.5, 0.6) is 5.75 Å².